The Morgan fingerprint density at radius 2 is 2.00 bits per heavy atom. The maximum atomic E-state index is 12.1. The second kappa shape index (κ2) is 6.75. The monoisotopic (exact) mass is 282 g/mol. The van der Waals surface area contributed by atoms with Gasteiger partial charge < -0.3 is 4.74 Å². The summed E-state index contributed by atoms with van der Waals surface area (Å²) in [6.07, 6.45) is 0.0370. The molecule has 0 saturated heterocycles. The van der Waals surface area contributed by atoms with E-state index in [9.17, 15) is 13.2 Å². The van der Waals surface area contributed by atoms with Crippen LogP contribution in [0.25, 0.3) is 0 Å². The van der Waals surface area contributed by atoms with E-state index < -0.39 is 21.7 Å². The van der Waals surface area contributed by atoms with Crippen LogP contribution in [0.3, 0.4) is 0 Å². The smallest absolute Gasteiger partial charge is 0.322 e. The van der Waals surface area contributed by atoms with Crippen LogP contribution >= 0.6 is 0 Å². The largest absolute Gasteiger partial charge is 0.468 e. The molecule has 1 aromatic carbocycles. The van der Waals surface area contributed by atoms with Crippen molar-refractivity contribution in [2.75, 3.05) is 23.7 Å². The molecule has 0 atom stereocenters. The predicted octanol–water partition coefficient (Wildman–Crippen LogP) is 0.909. The molecule has 0 N–H and O–H groups in total. The van der Waals surface area contributed by atoms with Crippen molar-refractivity contribution in [1.82, 2.24) is 0 Å². The van der Waals surface area contributed by atoms with E-state index in [1.54, 1.807) is 30.3 Å². The number of methoxy groups -OCH3 is 1. The Hall–Kier alpha value is -2.07. The van der Waals surface area contributed by atoms with E-state index in [0.29, 0.717) is 5.69 Å². The number of nitrogens with zero attached hydrogens (tertiary/aromatic N) is 2. The van der Waals surface area contributed by atoms with Crippen LogP contribution in [0.5, 0.6) is 0 Å². The van der Waals surface area contributed by atoms with Gasteiger partial charge >= 0.3 is 5.97 Å². The fraction of sp³-hybridized carbons (Fsp3) is 0.333. The Bertz CT molecular complexity index is 563. The van der Waals surface area contributed by atoms with Crippen LogP contribution in [0.1, 0.15) is 6.42 Å². The number of hydrogen-bond donors (Lipinski definition) is 0. The summed E-state index contributed by atoms with van der Waals surface area (Å²) in [6, 6.07) is 10.2. The van der Waals surface area contributed by atoms with E-state index in [1.165, 1.54) is 0 Å². The van der Waals surface area contributed by atoms with Gasteiger partial charge in [0.2, 0.25) is 10.0 Å². The average Bonchev–Trinajstić information content (AvgIpc) is 2.39. The summed E-state index contributed by atoms with van der Waals surface area (Å²) in [7, 11) is -2.73. The molecule has 0 aliphatic rings. The number of anilines is 1. The number of ether oxygens (including phenoxy) is 1. The van der Waals surface area contributed by atoms with Crippen LogP contribution in [-0.2, 0) is 19.6 Å². The zero-order valence-electron chi connectivity index (χ0n) is 10.4. The van der Waals surface area contributed by atoms with Gasteiger partial charge in [0.1, 0.15) is 0 Å². The van der Waals surface area contributed by atoms with Crippen molar-refractivity contribution >= 4 is 21.7 Å². The van der Waals surface area contributed by atoms with Crippen molar-refractivity contribution in [1.29, 1.82) is 5.26 Å². The van der Waals surface area contributed by atoms with Gasteiger partial charge in [-0.2, -0.15) is 5.26 Å². The first-order valence-corrected chi connectivity index (χ1v) is 7.11. The van der Waals surface area contributed by atoms with Crippen LogP contribution in [0.15, 0.2) is 30.3 Å². The number of carbonyl (C=O) groups excluding carboxylic acids is 1. The highest BCUT2D eigenvalue weighted by Crippen LogP contribution is 2.18. The fourth-order valence-corrected chi connectivity index (χ4v) is 2.84. The maximum Gasteiger partial charge on any atom is 0.322 e. The van der Waals surface area contributed by atoms with Crippen molar-refractivity contribution < 1.29 is 17.9 Å². The van der Waals surface area contributed by atoms with Crippen LogP contribution in [0.2, 0.25) is 0 Å². The van der Waals surface area contributed by atoms with Crippen LogP contribution in [-0.4, -0.2) is 33.8 Å². The van der Waals surface area contributed by atoms with Gasteiger partial charge in [0.15, 0.2) is 5.75 Å². The molecule has 1 rings (SSSR count). The number of para-hydroxylation sites is 1. The highest BCUT2D eigenvalue weighted by molar-refractivity contribution is 7.93. The second-order valence-corrected chi connectivity index (χ2v) is 5.54. The van der Waals surface area contributed by atoms with Gasteiger partial charge in [-0.15, -0.1) is 0 Å². The summed E-state index contributed by atoms with van der Waals surface area (Å²) >= 11 is 0. The minimum Gasteiger partial charge on any atom is -0.468 e. The lowest BCUT2D eigenvalue weighted by Crippen LogP contribution is -2.36. The van der Waals surface area contributed by atoms with Crippen LogP contribution < -0.4 is 4.31 Å². The van der Waals surface area contributed by atoms with Crippen molar-refractivity contribution in [2.45, 2.75) is 6.42 Å². The number of carbonyl (C=O) groups is 1. The molecule has 0 bridgehead atoms. The molecule has 0 heterocycles. The van der Waals surface area contributed by atoms with Crippen LogP contribution in [0.4, 0.5) is 5.69 Å². The van der Waals surface area contributed by atoms with Gasteiger partial charge in [0.05, 0.1) is 25.3 Å². The molecule has 102 valence electrons. The van der Waals surface area contributed by atoms with E-state index in [-0.39, 0.29) is 13.0 Å². The molecule has 0 aliphatic carbocycles. The van der Waals surface area contributed by atoms with Crippen molar-refractivity contribution in [2.24, 2.45) is 0 Å². The first kappa shape index (κ1) is 15.0. The Morgan fingerprint density at radius 3 is 2.53 bits per heavy atom. The number of esters is 1. The van der Waals surface area contributed by atoms with Gasteiger partial charge in [0.25, 0.3) is 0 Å². The number of benzene rings is 1. The van der Waals surface area contributed by atoms with Gasteiger partial charge in [-0.25, -0.2) is 8.42 Å². The molecule has 0 aliphatic heterocycles. The standard InChI is InChI=1S/C12H14N2O4S/c1-18-12(15)10-19(16,17)14(9-5-8-13)11-6-3-2-4-7-11/h2-4,6-7H,5,9-10H2,1H3. The van der Waals surface area contributed by atoms with E-state index >= 15 is 0 Å². The number of rotatable bonds is 6. The molecule has 0 saturated carbocycles. The number of sulfonamides is 1. The third kappa shape index (κ3) is 4.26. The van der Waals surface area contributed by atoms with Crippen molar-refractivity contribution in [3.8, 4) is 6.07 Å². The second-order valence-electron chi connectivity index (χ2n) is 3.65. The summed E-state index contributed by atoms with van der Waals surface area (Å²) in [5, 5.41) is 8.59. The Kier molecular flexibility index (Phi) is 5.33. The molecule has 7 heteroatoms. The summed E-state index contributed by atoms with van der Waals surface area (Å²) < 4.78 is 29.7. The molecule has 0 spiro atoms. The summed E-state index contributed by atoms with van der Waals surface area (Å²) in [4.78, 5) is 11.1. The summed E-state index contributed by atoms with van der Waals surface area (Å²) in [5.74, 6) is -1.58. The summed E-state index contributed by atoms with van der Waals surface area (Å²) in [6.45, 7) is -0.000158. The zero-order valence-corrected chi connectivity index (χ0v) is 11.3. The fourth-order valence-electron chi connectivity index (χ4n) is 1.46. The number of hydrogen-bond acceptors (Lipinski definition) is 5. The molecule has 0 radical (unpaired) electrons. The van der Waals surface area contributed by atoms with E-state index in [2.05, 4.69) is 4.74 Å². The lowest BCUT2D eigenvalue weighted by Gasteiger charge is -2.22. The third-order valence-corrected chi connectivity index (χ3v) is 4.00. The maximum absolute atomic E-state index is 12.1. The topological polar surface area (TPSA) is 87.5 Å². The lowest BCUT2D eigenvalue weighted by atomic mass is 10.3. The molecular weight excluding hydrogens is 268 g/mol. The quantitative estimate of drug-likeness (QED) is 0.724. The Balaban J connectivity index is 3.04. The van der Waals surface area contributed by atoms with Crippen LogP contribution in [0, 0.1) is 11.3 Å². The SMILES string of the molecule is COC(=O)CS(=O)(=O)N(CCC#N)c1ccccc1. The highest BCUT2D eigenvalue weighted by atomic mass is 32.2. The van der Waals surface area contributed by atoms with Gasteiger partial charge in [-0.1, -0.05) is 18.2 Å². The molecule has 19 heavy (non-hydrogen) atoms. The first-order chi connectivity index (χ1) is 9.01. The molecular formula is C12H14N2O4S. The van der Waals surface area contributed by atoms with Gasteiger partial charge in [-0.3, -0.25) is 9.10 Å². The Morgan fingerprint density at radius 1 is 1.37 bits per heavy atom. The molecule has 0 fully saturated rings. The van der Waals surface area contributed by atoms with E-state index in [0.717, 1.165) is 11.4 Å². The van der Waals surface area contributed by atoms with Gasteiger partial charge in [-0.05, 0) is 12.1 Å². The minimum atomic E-state index is -3.85. The van der Waals surface area contributed by atoms with E-state index in [1.807, 2.05) is 6.07 Å². The molecule has 0 amide bonds. The van der Waals surface area contributed by atoms with E-state index in [4.69, 9.17) is 5.26 Å². The minimum absolute atomic E-state index is 0.000158. The van der Waals surface area contributed by atoms with Crippen molar-refractivity contribution in [3.05, 3.63) is 30.3 Å². The highest BCUT2D eigenvalue weighted by Gasteiger charge is 2.25. The molecule has 0 aromatic heterocycles. The average molecular weight is 282 g/mol. The lowest BCUT2D eigenvalue weighted by molar-refractivity contribution is -0.137. The normalized spacial score (nSPS) is 10.5. The first-order valence-electron chi connectivity index (χ1n) is 5.50. The third-order valence-electron chi connectivity index (χ3n) is 2.33. The Labute approximate surface area is 112 Å². The number of nitriles is 1. The summed E-state index contributed by atoms with van der Waals surface area (Å²) in [5.41, 5.74) is 0.418. The molecule has 0 unspecified atom stereocenters. The predicted molar refractivity (Wildman–Crippen MR) is 69.8 cm³/mol. The van der Waals surface area contributed by atoms with Gasteiger partial charge in [0, 0.05) is 6.54 Å². The van der Waals surface area contributed by atoms with Crippen molar-refractivity contribution in [3.63, 3.8) is 0 Å². The molecule has 1 aromatic rings. The molecule has 6 nitrogen and oxygen atoms in total. The zero-order chi connectivity index (χ0) is 14.3.